The van der Waals surface area contributed by atoms with Gasteiger partial charge in [0, 0.05) is 28.2 Å². The van der Waals surface area contributed by atoms with Crippen LogP contribution >= 0.6 is 24.0 Å². The topological polar surface area (TPSA) is 50.4 Å². The van der Waals surface area contributed by atoms with Gasteiger partial charge in [0.05, 0.1) is 0 Å². The van der Waals surface area contributed by atoms with Crippen LogP contribution in [0.4, 0.5) is 0 Å². The molecular weight excluding hydrogens is 383 g/mol. The van der Waals surface area contributed by atoms with E-state index in [0.717, 1.165) is 12.0 Å². The van der Waals surface area contributed by atoms with Crippen molar-refractivity contribution in [3.63, 3.8) is 0 Å². The summed E-state index contributed by atoms with van der Waals surface area (Å²) in [4.78, 5) is 12.0. The molecule has 156 valence electrons. The molecule has 0 aliphatic carbocycles. The van der Waals surface area contributed by atoms with E-state index in [1.807, 2.05) is 32.9 Å². The first-order valence-electron chi connectivity index (χ1n) is 9.14. The summed E-state index contributed by atoms with van der Waals surface area (Å²) in [5.41, 5.74) is 0.876. The van der Waals surface area contributed by atoms with Crippen LogP contribution in [-0.2, 0) is 11.3 Å². The molecule has 0 atom stereocenters. The SMILES string of the molecule is CC(C)(C)CC(C)(C)NCc1cc(Cl)ccc1OCC(=O)NC(C)(C)C.Cl. The van der Waals surface area contributed by atoms with E-state index in [0.29, 0.717) is 17.3 Å². The lowest BCUT2D eigenvalue weighted by atomic mass is 9.82. The molecule has 1 aromatic rings. The number of ether oxygens (including phenoxy) is 1. The Hall–Kier alpha value is -0.970. The van der Waals surface area contributed by atoms with Crippen LogP contribution in [0.25, 0.3) is 0 Å². The zero-order valence-corrected chi connectivity index (χ0v) is 19.5. The van der Waals surface area contributed by atoms with Crippen molar-refractivity contribution in [1.29, 1.82) is 0 Å². The zero-order chi connectivity index (χ0) is 20.2. The van der Waals surface area contributed by atoms with Crippen LogP contribution in [0.15, 0.2) is 18.2 Å². The van der Waals surface area contributed by atoms with Gasteiger partial charge in [-0.1, -0.05) is 32.4 Å². The summed E-state index contributed by atoms with van der Waals surface area (Å²) >= 11 is 6.16. The van der Waals surface area contributed by atoms with Crippen LogP contribution in [0.5, 0.6) is 5.75 Å². The van der Waals surface area contributed by atoms with Crippen LogP contribution in [0.2, 0.25) is 5.02 Å². The second-order valence-corrected chi connectivity index (χ2v) is 10.3. The largest absolute Gasteiger partial charge is 0.483 e. The fraction of sp³-hybridized carbons (Fsp3) is 0.667. The molecule has 27 heavy (non-hydrogen) atoms. The molecule has 6 heteroatoms. The molecule has 0 spiro atoms. The van der Waals surface area contributed by atoms with Gasteiger partial charge in [0.1, 0.15) is 5.75 Å². The highest BCUT2D eigenvalue weighted by atomic mass is 35.5. The van der Waals surface area contributed by atoms with E-state index in [4.69, 9.17) is 16.3 Å². The van der Waals surface area contributed by atoms with Crippen molar-refractivity contribution in [3.8, 4) is 5.75 Å². The molecule has 0 bridgehead atoms. The van der Waals surface area contributed by atoms with Crippen molar-refractivity contribution in [2.24, 2.45) is 5.41 Å². The molecule has 0 saturated heterocycles. The van der Waals surface area contributed by atoms with Gasteiger partial charge in [-0.05, 0) is 64.7 Å². The van der Waals surface area contributed by atoms with Gasteiger partial charge in [-0.3, -0.25) is 4.79 Å². The minimum atomic E-state index is -0.276. The second kappa shape index (κ2) is 9.99. The normalized spacial score (nSPS) is 12.3. The summed E-state index contributed by atoms with van der Waals surface area (Å²) in [7, 11) is 0. The van der Waals surface area contributed by atoms with E-state index < -0.39 is 0 Å². The molecule has 1 aromatic carbocycles. The highest BCUT2D eigenvalue weighted by Crippen LogP contribution is 2.28. The Morgan fingerprint density at radius 2 is 1.67 bits per heavy atom. The van der Waals surface area contributed by atoms with Gasteiger partial charge in [0.2, 0.25) is 0 Å². The molecule has 0 radical (unpaired) electrons. The summed E-state index contributed by atoms with van der Waals surface area (Å²) < 4.78 is 5.76. The minimum Gasteiger partial charge on any atom is -0.483 e. The lowest BCUT2D eigenvalue weighted by molar-refractivity contribution is -0.124. The van der Waals surface area contributed by atoms with Crippen LogP contribution in [0, 0.1) is 5.41 Å². The second-order valence-electron chi connectivity index (χ2n) is 9.81. The number of carbonyl (C=O) groups is 1. The maximum absolute atomic E-state index is 12.0. The lowest BCUT2D eigenvalue weighted by Crippen LogP contribution is -2.43. The van der Waals surface area contributed by atoms with Crippen molar-refractivity contribution < 1.29 is 9.53 Å². The van der Waals surface area contributed by atoms with Crippen molar-refractivity contribution in [1.82, 2.24) is 10.6 Å². The highest BCUT2D eigenvalue weighted by molar-refractivity contribution is 6.30. The van der Waals surface area contributed by atoms with Crippen LogP contribution in [-0.4, -0.2) is 23.6 Å². The van der Waals surface area contributed by atoms with E-state index in [2.05, 4.69) is 45.3 Å². The van der Waals surface area contributed by atoms with Gasteiger partial charge >= 0.3 is 0 Å². The average molecular weight is 419 g/mol. The summed E-state index contributed by atoms with van der Waals surface area (Å²) in [6.45, 7) is 17.5. The van der Waals surface area contributed by atoms with Crippen molar-refractivity contribution in [3.05, 3.63) is 28.8 Å². The molecule has 4 nitrogen and oxygen atoms in total. The van der Waals surface area contributed by atoms with Crippen LogP contribution < -0.4 is 15.4 Å². The van der Waals surface area contributed by atoms with Gasteiger partial charge in [-0.15, -0.1) is 12.4 Å². The molecule has 0 aromatic heterocycles. The van der Waals surface area contributed by atoms with Crippen molar-refractivity contribution >= 4 is 29.9 Å². The third-order valence-corrected chi connectivity index (χ3v) is 3.86. The van der Waals surface area contributed by atoms with E-state index in [9.17, 15) is 4.79 Å². The monoisotopic (exact) mass is 418 g/mol. The molecular formula is C21H36Cl2N2O2. The third-order valence-electron chi connectivity index (χ3n) is 3.63. The smallest absolute Gasteiger partial charge is 0.258 e. The first-order valence-corrected chi connectivity index (χ1v) is 9.52. The fourth-order valence-corrected chi connectivity index (χ4v) is 3.34. The van der Waals surface area contributed by atoms with Gasteiger partial charge < -0.3 is 15.4 Å². The molecule has 0 unspecified atom stereocenters. The number of amides is 1. The van der Waals surface area contributed by atoms with E-state index in [-0.39, 0.29) is 41.4 Å². The minimum absolute atomic E-state index is 0. The Morgan fingerprint density at radius 1 is 1.07 bits per heavy atom. The first-order chi connectivity index (χ1) is 11.7. The van der Waals surface area contributed by atoms with Crippen LogP contribution in [0.1, 0.15) is 67.4 Å². The van der Waals surface area contributed by atoms with Gasteiger partial charge in [0.15, 0.2) is 6.61 Å². The first kappa shape index (κ1) is 26.0. The average Bonchev–Trinajstić information content (AvgIpc) is 2.39. The molecule has 0 fully saturated rings. The summed E-state index contributed by atoms with van der Waals surface area (Å²) in [5.74, 6) is 0.539. The Morgan fingerprint density at radius 3 is 2.19 bits per heavy atom. The van der Waals surface area contributed by atoms with E-state index in [1.54, 1.807) is 6.07 Å². The quantitative estimate of drug-likeness (QED) is 0.626. The number of rotatable bonds is 7. The summed E-state index contributed by atoms with van der Waals surface area (Å²) in [5, 5.41) is 7.14. The Bertz CT molecular complexity index is 618. The predicted octanol–water partition coefficient (Wildman–Crippen LogP) is 5.36. The predicted molar refractivity (Wildman–Crippen MR) is 117 cm³/mol. The molecule has 0 saturated carbocycles. The number of benzene rings is 1. The maximum Gasteiger partial charge on any atom is 0.258 e. The molecule has 2 N–H and O–H groups in total. The number of carbonyl (C=O) groups excluding carboxylic acids is 1. The molecule has 1 amide bonds. The molecule has 0 aliphatic rings. The van der Waals surface area contributed by atoms with Crippen molar-refractivity contribution in [2.45, 2.75) is 79.4 Å². The number of hydrogen-bond donors (Lipinski definition) is 2. The summed E-state index contributed by atoms with van der Waals surface area (Å²) in [6, 6.07) is 5.49. The molecule has 0 aliphatic heterocycles. The Kier molecular flexibility index (Phi) is 9.63. The Balaban J connectivity index is 0.00000676. The number of hydrogen-bond acceptors (Lipinski definition) is 3. The number of halogens is 2. The van der Waals surface area contributed by atoms with E-state index >= 15 is 0 Å². The van der Waals surface area contributed by atoms with Crippen molar-refractivity contribution in [2.75, 3.05) is 6.61 Å². The Labute approximate surface area is 176 Å². The third kappa shape index (κ3) is 11.5. The maximum atomic E-state index is 12.0. The molecule has 1 rings (SSSR count). The lowest BCUT2D eigenvalue weighted by Gasteiger charge is -2.33. The van der Waals surface area contributed by atoms with Gasteiger partial charge in [-0.2, -0.15) is 0 Å². The van der Waals surface area contributed by atoms with Crippen LogP contribution in [0.3, 0.4) is 0 Å². The van der Waals surface area contributed by atoms with Gasteiger partial charge in [0.25, 0.3) is 5.91 Å². The van der Waals surface area contributed by atoms with E-state index in [1.165, 1.54) is 0 Å². The highest BCUT2D eigenvalue weighted by Gasteiger charge is 2.25. The van der Waals surface area contributed by atoms with Gasteiger partial charge in [-0.25, -0.2) is 0 Å². The standard InChI is InChI=1S/C21H35ClN2O2.ClH/c1-19(2,3)14-21(7,8)23-12-15-11-16(22)9-10-17(15)26-13-18(25)24-20(4,5)6;/h9-11,23H,12-14H2,1-8H3,(H,24,25);1H. The summed E-state index contributed by atoms with van der Waals surface area (Å²) in [6.07, 6.45) is 1.03. The fourth-order valence-electron chi connectivity index (χ4n) is 3.15. The number of nitrogens with one attached hydrogen (secondary N) is 2. The molecule has 0 heterocycles. The zero-order valence-electron chi connectivity index (χ0n) is 18.0.